The Morgan fingerprint density at radius 2 is 1.75 bits per heavy atom. The Labute approximate surface area is 191 Å². The minimum Gasteiger partial charge on any atom is -0.493 e. The van der Waals surface area contributed by atoms with Crippen molar-refractivity contribution in [3.8, 4) is 22.8 Å². The summed E-state index contributed by atoms with van der Waals surface area (Å²) in [6, 6.07) is 13.9. The number of benzene rings is 2. The zero-order valence-corrected chi connectivity index (χ0v) is 19.5. The largest absolute Gasteiger partial charge is 0.493 e. The fraction of sp³-hybridized carbons (Fsp3) is 0.481. The normalized spacial score (nSPS) is 20.5. The van der Waals surface area contributed by atoms with E-state index < -0.39 is 0 Å². The number of likely N-dealkylation sites (tertiary alicyclic amines) is 1. The van der Waals surface area contributed by atoms with Crippen LogP contribution in [0.2, 0.25) is 0 Å². The van der Waals surface area contributed by atoms with E-state index in [1.807, 2.05) is 12.1 Å². The minimum atomic E-state index is 0.658. The highest BCUT2D eigenvalue weighted by atomic mass is 16.5. The number of aromatic nitrogens is 1. The van der Waals surface area contributed by atoms with E-state index in [9.17, 15) is 0 Å². The Hall–Kier alpha value is -2.50. The van der Waals surface area contributed by atoms with Gasteiger partial charge in [-0.05, 0) is 99.6 Å². The molecule has 2 aromatic carbocycles. The van der Waals surface area contributed by atoms with Gasteiger partial charge in [0.2, 0.25) is 0 Å². The number of hydrogen-bond donors (Lipinski definition) is 2. The number of nitrogens with one attached hydrogen (secondary N) is 2. The maximum Gasteiger partial charge on any atom is 0.161 e. The highest BCUT2D eigenvalue weighted by Gasteiger charge is 2.27. The molecule has 170 valence electrons. The molecule has 5 rings (SSSR count). The molecule has 0 radical (unpaired) electrons. The van der Waals surface area contributed by atoms with E-state index in [1.54, 1.807) is 14.2 Å². The maximum atomic E-state index is 5.52. The zero-order valence-electron chi connectivity index (χ0n) is 19.5. The van der Waals surface area contributed by atoms with Crippen molar-refractivity contribution in [1.29, 1.82) is 0 Å². The Morgan fingerprint density at radius 3 is 2.47 bits per heavy atom. The first-order valence-corrected chi connectivity index (χ1v) is 12.0. The summed E-state index contributed by atoms with van der Waals surface area (Å²) in [7, 11) is 3.35. The lowest BCUT2D eigenvalue weighted by molar-refractivity contribution is 0.130. The van der Waals surface area contributed by atoms with E-state index in [1.165, 1.54) is 67.3 Å². The topological polar surface area (TPSA) is 49.5 Å². The molecule has 2 N–H and O–H groups in total. The molecular formula is C27H35N3O2. The van der Waals surface area contributed by atoms with Gasteiger partial charge in [0.05, 0.1) is 14.2 Å². The molecule has 0 saturated carbocycles. The number of piperidine rings is 2. The molecule has 1 atom stereocenters. The number of H-pyrrole nitrogens is 1. The average molecular weight is 434 g/mol. The van der Waals surface area contributed by atoms with Gasteiger partial charge in [-0.3, -0.25) is 4.90 Å². The monoisotopic (exact) mass is 433 g/mol. The van der Waals surface area contributed by atoms with Crippen molar-refractivity contribution in [3.63, 3.8) is 0 Å². The van der Waals surface area contributed by atoms with Gasteiger partial charge in [0, 0.05) is 34.7 Å². The van der Waals surface area contributed by atoms with Crippen LogP contribution in [0.4, 0.5) is 0 Å². The molecule has 32 heavy (non-hydrogen) atoms. The predicted octanol–water partition coefficient (Wildman–Crippen LogP) is 5.09. The van der Waals surface area contributed by atoms with E-state index in [2.05, 4.69) is 46.4 Å². The van der Waals surface area contributed by atoms with E-state index in [0.29, 0.717) is 5.92 Å². The number of aromatic amines is 1. The third-order valence-corrected chi connectivity index (χ3v) is 7.54. The second-order valence-electron chi connectivity index (χ2n) is 9.31. The van der Waals surface area contributed by atoms with Crippen LogP contribution in [0.3, 0.4) is 0 Å². The van der Waals surface area contributed by atoms with Gasteiger partial charge < -0.3 is 19.8 Å². The molecular weight excluding hydrogens is 398 g/mol. The minimum absolute atomic E-state index is 0.658. The summed E-state index contributed by atoms with van der Waals surface area (Å²) in [5.41, 5.74) is 6.24. The molecule has 2 saturated heterocycles. The number of ether oxygens (including phenoxy) is 2. The summed E-state index contributed by atoms with van der Waals surface area (Å²) < 4.78 is 10.9. The van der Waals surface area contributed by atoms with Gasteiger partial charge in [0.25, 0.3) is 0 Å². The number of fused-ring (bicyclic) bond motifs is 1. The summed E-state index contributed by atoms with van der Waals surface area (Å²) in [4.78, 5) is 6.36. The first kappa shape index (κ1) is 21.4. The highest BCUT2D eigenvalue weighted by Crippen LogP contribution is 2.37. The van der Waals surface area contributed by atoms with Crippen LogP contribution >= 0.6 is 0 Å². The summed E-state index contributed by atoms with van der Waals surface area (Å²) in [5, 5.41) is 4.90. The third kappa shape index (κ3) is 4.00. The smallest absolute Gasteiger partial charge is 0.161 e. The Kier molecular flexibility index (Phi) is 6.11. The summed E-state index contributed by atoms with van der Waals surface area (Å²) in [5.74, 6) is 2.16. The Bertz CT molecular complexity index is 1080. The van der Waals surface area contributed by atoms with Crippen LogP contribution in [0.5, 0.6) is 11.5 Å². The lowest BCUT2D eigenvalue weighted by atomic mass is 9.87. The van der Waals surface area contributed by atoms with Crippen molar-refractivity contribution < 1.29 is 9.47 Å². The van der Waals surface area contributed by atoms with Crippen molar-refractivity contribution in [2.75, 3.05) is 40.4 Å². The Morgan fingerprint density at radius 1 is 0.938 bits per heavy atom. The highest BCUT2D eigenvalue weighted by molar-refractivity contribution is 5.91. The van der Waals surface area contributed by atoms with Crippen molar-refractivity contribution in [3.05, 3.63) is 47.5 Å². The molecule has 1 unspecified atom stereocenters. The van der Waals surface area contributed by atoms with E-state index in [-0.39, 0.29) is 0 Å². The number of methoxy groups -OCH3 is 2. The molecule has 5 nitrogen and oxygen atoms in total. The fourth-order valence-corrected chi connectivity index (χ4v) is 5.62. The second kappa shape index (κ2) is 9.16. The van der Waals surface area contributed by atoms with Crippen LogP contribution in [0.25, 0.3) is 22.2 Å². The maximum absolute atomic E-state index is 5.52. The first-order chi connectivity index (χ1) is 15.7. The molecule has 2 fully saturated rings. The molecule has 2 aliphatic rings. The fourth-order valence-electron chi connectivity index (χ4n) is 5.62. The second-order valence-corrected chi connectivity index (χ2v) is 9.31. The molecule has 0 bridgehead atoms. The number of aryl methyl sites for hydroxylation is 1. The SMILES string of the molecule is COc1ccc(-c2[nH]c3ccc(C4CCN(C5CCCNC5)CC4)cc3c2C)cc1OC. The van der Waals surface area contributed by atoms with Crippen LogP contribution in [0.15, 0.2) is 36.4 Å². The lowest BCUT2D eigenvalue weighted by Crippen LogP contribution is -2.48. The molecule has 3 heterocycles. The average Bonchev–Trinajstić information content (AvgIpc) is 3.20. The van der Waals surface area contributed by atoms with Crippen molar-refractivity contribution in [2.24, 2.45) is 0 Å². The molecule has 0 aliphatic carbocycles. The molecule has 0 amide bonds. The van der Waals surface area contributed by atoms with E-state index in [4.69, 9.17) is 9.47 Å². The molecule has 5 heteroatoms. The molecule has 1 aromatic heterocycles. The number of hydrogen-bond acceptors (Lipinski definition) is 4. The zero-order chi connectivity index (χ0) is 22.1. The van der Waals surface area contributed by atoms with Crippen molar-refractivity contribution >= 4 is 10.9 Å². The number of nitrogens with zero attached hydrogens (tertiary/aromatic N) is 1. The summed E-state index contributed by atoms with van der Waals surface area (Å²) >= 11 is 0. The Balaban J connectivity index is 1.36. The van der Waals surface area contributed by atoms with E-state index >= 15 is 0 Å². The molecule has 3 aromatic rings. The molecule has 2 aliphatic heterocycles. The van der Waals surface area contributed by atoms with Crippen LogP contribution in [0.1, 0.15) is 42.7 Å². The van der Waals surface area contributed by atoms with Crippen LogP contribution in [-0.4, -0.2) is 56.3 Å². The first-order valence-electron chi connectivity index (χ1n) is 12.0. The van der Waals surface area contributed by atoms with Gasteiger partial charge in [0.15, 0.2) is 11.5 Å². The molecule has 0 spiro atoms. The van der Waals surface area contributed by atoms with Crippen molar-refractivity contribution in [2.45, 2.75) is 44.6 Å². The van der Waals surface area contributed by atoms with Crippen LogP contribution in [0, 0.1) is 6.92 Å². The van der Waals surface area contributed by atoms with Gasteiger partial charge in [0.1, 0.15) is 0 Å². The predicted molar refractivity (Wildman–Crippen MR) is 131 cm³/mol. The standard InChI is InChI=1S/C27H35N3O2/c1-18-23-15-20(19-10-13-30(14-11-19)22-5-4-12-28-17-22)6-8-24(23)29-27(18)21-7-9-25(31-2)26(16-21)32-3/h6-9,15-16,19,22,28-29H,4-5,10-14,17H2,1-3H3. The summed E-state index contributed by atoms with van der Waals surface area (Å²) in [6.07, 6.45) is 5.18. The van der Waals surface area contributed by atoms with Crippen LogP contribution < -0.4 is 14.8 Å². The third-order valence-electron chi connectivity index (χ3n) is 7.54. The van der Waals surface area contributed by atoms with Gasteiger partial charge in [-0.15, -0.1) is 0 Å². The van der Waals surface area contributed by atoms with Crippen molar-refractivity contribution in [1.82, 2.24) is 15.2 Å². The van der Waals surface area contributed by atoms with Gasteiger partial charge >= 0.3 is 0 Å². The van der Waals surface area contributed by atoms with Gasteiger partial charge in [-0.1, -0.05) is 6.07 Å². The van der Waals surface area contributed by atoms with E-state index in [0.717, 1.165) is 35.3 Å². The van der Waals surface area contributed by atoms with Gasteiger partial charge in [-0.25, -0.2) is 0 Å². The lowest BCUT2D eigenvalue weighted by Gasteiger charge is -2.39. The van der Waals surface area contributed by atoms with Crippen LogP contribution in [-0.2, 0) is 0 Å². The summed E-state index contributed by atoms with van der Waals surface area (Å²) in [6.45, 7) is 7.01. The number of rotatable bonds is 5. The van der Waals surface area contributed by atoms with Gasteiger partial charge in [-0.2, -0.15) is 0 Å². The quantitative estimate of drug-likeness (QED) is 0.588.